The highest BCUT2D eigenvalue weighted by atomic mass is 35.5. The van der Waals surface area contributed by atoms with Crippen LogP contribution in [0.1, 0.15) is 24.5 Å². The van der Waals surface area contributed by atoms with Crippen molar-refractivity contribution in [2.24, 2.45) is 0 Å². The van der Waals surface area contributed by atoms with E-state index in [9.17, 15) is 23.1 Å². The molecule has 0 saturated heterocycles. The third-order valence-electron chi connectivity index (χ3n) is 3.41. The molecule has 2 aromatic rings. The van der Waals surface area contributed by atoms with Crippen molar-refractivity contribution in [3.05, 3.63) is 64.2 Å². The van der Waals surface area contributed by atoms with Gasteiger partial charge in [-0.1, -0.05) is 30.7 Å². The number of carbonyl (C=O) groups is 1. The van der Waals surface area contributed by atoms with Crippen LogP contribution in [0.15, 0.2) is 48.0 Å². The van der Waals surface area contributed by atoms with Gasteiger partial charge in [-0.25, -0.2) is 0 Å². The summed E-state index contributed by atoms with van der Waals surface area (Å²) in [5, 5.41) is 11.5. The Kier molecular flexibility index (Phi) is 5.74. The van der Waals surface area contributed by atoms with E-state index in [-0.39, 0.29) is 11.4 Å². The Bertz CT molecular complexity index is 816. The normalized spacial score (nSPS) is 12.1. The number of phenolic OH excluding ortho intramolecular Hbond substituents is 1. The zero-order valence-corrected chi connectivity index (χ0v) is 13.9. The molecule has 7 heteroatoms. The number of anilines is 1. The topological polar surface area (TPSA) is 49.3 Å². The minimum Gasteiger partial charge on any atom is -0.508 e. The van der Waals surface area contributed by atoms with Crippen molar-refractivity contribution in [1.82, 2.24) is 0 Å². The number of benzene rings is 2. The summed E-state index contributed by atoms with van der Waals surface area (Å²) in [6.45, 7) is 1.75. The van der Waals surface area contributed by atoms with Gasteiger partial charge in [0.25, 0.3) is 5.91 Å². The number of nitrogens with one attached hydrogen (secondary N) is 1. The fraction of sp³-hybridized carbons (Fsp3) is 0.167. The van der Waals surface area contributed by atoms with Gasteiger partial charge in [-0.05, 0) is 48.4 Å². The van der Waals surface area contributed by atoms with Crippen LogP contribution in [0, 0.1) is 0 Å². The number of aromatic hydroxyl groups is 1. The van der Waals surface area contributed by atoms with E-state index in [0.717, 1.165) is 12.1 Å². The summed E-state index contributed by atoms with van der Waals surface area (Å²) in [7, 11) is 0. The number of carbonyl (C=O) groups excluding carboxylic acids is 1. The number of hydrogen-bond donors (Lipinski definition) is 2. The van der Waals surface area contributed by atoms with Gasteiger partial charge >= 0.3 is 6.18 Å². The first-order valence-electron chi connectivity index (χ1n) is 7.38. The average Bonchev–Trinajstić information content (AvgIpc) is 2.53. The summed E-state index contributed by atoms with van der Waals surface area (Å²) >= 11 is 5.56. The molecule has 1 amide bonds. The van der Waals surface area contributed by atoms with Crippen LogP contribution in [0.4, 0.5) is 18.9 Å². The molecule has 0 aliphatic heterocycles. The smallest absolute Gasteiger partial charge is 0.417 e. The van der Waals surface area contributed by atoms with Crippen LogP contribution in [0.5, 0.6) is 5.75 Å². The third kappa shape index (κ3) is 5.00. The molecular formula is C18H15ClF3NO2. The molecule has 2 aromatic carbocycles. The van der Waals surface area contributed by atoms with Crippen molar-refractivity contribution in [3.8, 4) is 5.75 Å². The van der Waals surface area contributed by atoms with Gasteiger partial charge in [-0.15, -0.1) is 0 Å². The Labute approximate surface area is 147 Å². The first-order chi connectivity index (χ1) is 11.7. The van der Waals surface area contributed by atoms with E-state index in [0.29, 0.717) is 17.6 Å². The van der Waals surface area contributed by atoms with Crippen LogP contribution in [0.2, 0.25) is 5.02 Å². The molecular weight excluding hydrogens is 355 g/mol. The van der Waals surface area contributed by atoms with Gasteiger partial charge in [0.2, 0.25) is 0 Å². The van der Waals surface area contributed by atoms with E-state index in [1.54, 1.807) is 25.1 Å². The van der Waals surface area contributed by atoms with Crippen molar-refractivity contribution < 1.29 is 23.1 Å². The van der Waals surface area contributed by atoms with Gasteiger partial charge in [-0.3, -0.25) is 4.79 Å². The Morgan fingerprint density at radius 1 is 1.24 bits per heavy atom. The summed E-state index contributed by atoms with van der Waals surface area (Å²) < 4.78 is 38.7. The Balaban J connectivity index is 2.26. The number of hydrogen-bond acceptors (Lipinski definition) is 2. The summed E-state index contributed by atoms with van der Waals surface area (Å²) in [5.41, 5.74) is -0.0489. The van der Waals surface area contributed by atoms with Crippen LogP contribution >= 0.6 is 11.6 Å². The lowest BCUT2D eigenvalue weighted by Crippen LogP contribution is -2.15. The molecule has 0 unspecified atom stereocenters. The van der Waals surface area contributed by atoms with E-state index in [4.69, 9.17) is 11.6 Å². The maximum absolute atomic E-state index is 12.9. The number of rotatable bonds is 4. The fourth-order valence-electron chi connectivity index (χ4n) is 2.18. The van der Waals surface area contributed by atoms with Crippen LogP contribution in [-0.4, -0.2) is 11.0 Å². The fourth-order valence-corrected chi connectivity index (χ4v) is 2.40. The van der Waals surface area contributed by atoms with Crippen molar-refractivity contribution in [1.29, 1.82) is 0 Å². The summed E-state index contributed by atoms with van der Waals surface area (Å²) in [6, 6.07) is 9.49. The maximum atomic E-state index is 12.9. The molecule has 0 saturated carbocycles. The Morgan fingerprint density at radius 3 is 2.56 bits per heavy atom. The summed E-state index contributed by atoms with van der Waals surface area (Å²) in [4.78, 5) is 12.3. The lowest BCUT2D eigenvalue weighted by Gasteiger charge is -2.12. The number of amides is 1. The van der Waals surface area contributed by atoms with Crippen molar-refractivity contribution in [2.45, 2.75) is 19.5 Å². The molecule has 0 aliphatic carbocycles. The van der Waals surface area contributed by atoms with Crippen molar-refractivity contribution >= 4 is 29.3 Å². The molecule has 0 radical (unpaired) electrons. The lowest BCUT2D eigenvalue weighted by molar-refractivity contribution is -0.137. The molecule has 0 fully saturated rings. The molecule has 0 aliphatic rings. The average molecular weight is 370 g/mol. The lowest BCUT2D eigenvalue weighted by atomic mass is 10.1. The van der Waals surface area contributed by atoms with Gasteiger partial charge in [0, 0.05) is 11.3 Å². The number of alkyl halides is 3. The van der Waals surface area contributed by atoms with Gasteiger partial charge in [0.05, 0.1) is 10.6 Å². The zero-order valence-electron chi connectivity index (χ0n) is 13.2. The zero-order chi connectivity index (χ0) is 18.6. The molecule has 2 N–H and O–H groups in total. The molecule has 132 valence electrons. The van der Waals surface area contributed by atoms with Crippen LogP contribution in [-0.2, 0) is 11.0 Å². The first-order valence-corrected chi connectivity index (χ1v) is 7.76. The Morgan fingerprint density at radius 2 is 1.96 bits per heavy atom. The highest BCUT2D eigenvalue weighted by molar-refractivity contribution is 6.31. The maximum Gasteiger partial charge on any atom is 0.417 e. The van der Waals surface area contributed by atoms with Gasteiger partial charge in [0.1, 0.15) is 5.75 Å². The predicted molar refractivity (Wildman–Crippen MR) is 91.5 cm³/mol. The van der Waals surface area contributed by atoms with Crippen molar-refractivity contribution in [3.63, 3.8) is 0 Å². The van der Waals surface area contributed by atoms with E-state index >= 15 is 0 Å². The minimum absolute atomic E-state index is 0.00279. The first kappa shape index (κ1) is 18.9. The largest absolute Gasteiger partial charge is 0.508 e. The Hall–Kier alpha value is -2.47. The highest BCUT2D eigenvalue weighted by Crippen LogP contribution is 2.36. The van der Waals surface area contributed by atoms with E-state index in [1.807, 2.05) is 0 Å². The highest BCUT2D eigenvalue weighted by Gasteiger charge is 2.33. The summed E-state index contributed by atoms with van der Waals surface area (Å²) in [5.74, 6) is -0.474. The molecule has 0 heterocycles. The van der Waals surface area contributed by atoms with Crippen LogP contribution < -0.4 is 5.32 Å². The standard InChI is InChI=1S/C18H15ClF3NO2/c1-2-12(8-11-4-3-5-14(24)9-11)17(25)23-13-6-7-16(19)15(10-13)18(20,21)22/h3-10,24H,2H2,1H3,(H,23,25). The number of phenols is 1. The second-order valence-corrected chi connectivity index (χ2v) is 5.67. The van der Waals surface area contributed by atoms with Crippen LogP contribution in [0.3, 0.4) is 0 Å². The molecule has 0 atom stereocenters. The molecule has 0 bridgehead atoms. The molecule has 3 nitrogen and oxygen atoms in total. The van der Waals surface area contributed by atoms with E-state index in [2.05, 4.69) is 5.32 Å². The van der Waals surface area contributed by atoms with E-state index in [1.165, 1.54) is 18.2 Å². The second-order valence-electron chi connectivity index (χ2n) is 5.26. The summed E-state index contributed by atoms with van der Waals surface area (Å²) in [6.07, 6.45) is -2.68. The number of halogens is 4. The molecule has 0 aromatic heterocycles. The van der Waals surface area contributed by atoms with Gasteiger partial charge in [-0.2, -0.15) is 13.2 Å². The SMILES string of the molecule is CCC(=Cc1cccc(O)c1)C(=O)Nc1ccc(Cl)c(C(F)(F)F)c1. The van der Waals surface area contributed by atoms with E-state index < -0.39 is 22.7 Å². The monoisotopic (exact) mass is 369 g/mol. The third-order valence-corrected chi connectivity index (χ3v) is 3.74. The van der Waals surface area contributed by atoms with Crippen molar-refractivity contribution in [2.75, 3.05) is 5.32 Å². The molecule has 0 spiro atoms. The molecule has 2 rings (SSSR count). The second kappa shape index (κ2) is 7.61. The quantitative estimate of drug-likeness (QED) is 0.699. The minimum atomic E-state index is -4.61. The van der Waals surface area contributed by atoms with Gasteiger partial charge in [0.15, 0.2) is 0 Å². The van der Waals surface area contributed by atoms with Gasteiger partial charge < -0.3 is 10.4 Å². The molecule has 25 heavy (non-hydrogen) atoms. The predicted octanol–water partition coefficient (Wildman–Crippen LogP) is 5.50. The van der Waals surface area contributed by atoms with Crippen LogP contribution in [0.25, 0.3) is 6.08 Å².